The van der Waals surface area contributed by atoms with Crippen molar-refractivity contribution in [3.8, 4) is 34.3 Å². The Hall–Kier alpha value is -3.81. The number of piperazine rings is 1. The van der Waals surface area contributed by atoms with Gasteiger partial charge in [-0.25, -0.2) is 18.4 Å². The highest BCUT2D eigenvalue weighted by Gasteiger charge is 2.30. The van der Waals surface area contributed by atoms with Gasteiger partial charge in [0.1, 0.15) is 22.0 Å². The van der Waals surface area contributed by atoms with Crippen LogP contribution in [-0.4, -0.2) is 88.8 Å². The minimum Gasteiger partial charge on any atom is -0.497 e. The maximum Gasteiger partial charge on any atom is 0.279 e. The maximum atomic E-state index is 13.5. The summed E-state index contributed by atoms with van der Waals surface area (Å²) in [4.78, 5) is 27.2. The summed E-state index contributed by atoms with van der Waals surface area (Å²) in [6.45, 7) is 7.12. The quantitative estimate of drug-likeness (QED) is 0.348. The molecule has 206 valence electrons. The van der Waals surface area contributed by atoms with E-state index in [1.807, 2.05) is 24.3 Å². The summed E-state index contributed by atoms with van der Waals surface area (Å²) in [5, 5.41) is 4.38. The fourth-order valence-electron chi connectivity index (χ4n) is 4.71. The number of hydrogen-bond acceptors (Lipinski definition) is 9. The number of nitrogens with zero attached hydrogens (tertiary/aromatic N) is 6. The second-order valence-corrected chi connectivity index (χ2v) is 11.0. The zero-order valence-electron chi connectivity index (χ0n) is 22.3. The Balaban J connectivity index is 1.63. The lowest BCUT2D eigenvalue weighted by molar-refractivity contribution is 0.196. The zero-order valence-corrected chi connectivity index (χ0v) is 23.2. The van der Waals surface area contributed by atoms with Crippen molar-refractivity contribution >= 4 is 21.1 Å². The zero-order chi connectivity index (χ0) is 27.7. The fraction of sp³-hybridized carbons (Fsp3) is 0.385. The maximum absolute atomic E-state index is 13.5. The summed E-state index contributed by atoms with van der Waals surface area (Å²) in [6.07, 6.45) is 1.29. The van der Waals surface area contributed by atoms with Gasteiger partial charge in [0.25, 0.3) is 5.56 Å². The number of hydrogen-bond donors (Lipinski definition) is 1. The lowest BCUT2D eigenvalue weighted by Gasteiger charge is -2.33. The van der Waals surface area contributed by atoms with Gasteiger partial charge in [0.15, 0.2) is 5.52 Å². The van der Waals surface area contributed by atoms with Gasteiger partial charge < -0.3 is 19.4 Å². The number of pyridine rings is 1. The average molecular weight is 554 g/mol. The van der Waals surface area contributed by atoms with Gasteiger partial charge in [-0.15, -0.1) is 0 Å². The molecule has 0 amide bonds. The molecule has 0 atom stereocenters. The van der Waals surface area contributed by atoms with Gasteiger partial charge >= 0.3 is 0 Å². The molecule has 0 spiro atoms. The molecule has 1 fully saturated rings. The lowest BCUT2D eigenvalue weighted by atomic mass is 10.1. The van der Waals surface area contributed by atoms with E-state index < -0.39 is 15.6 Å². The van der Waals surface area contributed by atoms with E-state index in [1.54, 1.807) is 25.8 Å². The monoisotopic (exact) mass is 553 g/mol. The summed E-state index contributed by atoms with van der Waals surface area (Å²) >= 11 is 0. The number of sulfonamides is 1. The molecule has 0 saturated carbocycles. The van der Waals surface area contributed by atoms with Gasteiger partial charge in [0.05, 0.1) is 31.2 Å². The smallest absolute Gasteiger partial charge is 0.279 e. The second kappa shape index (κ2) is 10.8. The highest BCUT2D eigenvalue weighted by atomic mass is 32.2. The number of aromatic amines is 1. The van der Waals surface area contributed by atoms with Crippen LogP contribution in [0.1, 0.15) is 13.8 Å². The third-order valence-corrected chi connectivity index (χ3v) is 8.70. The van der Waals surface area contributed by atoms with E-state index in [2.05, 4.69) is 26.9 Å². The SMILES string of the molecule is CCOc1ncc(S(=O)(=O)N2CCN(CC)CC2)cc1-c1nc2c(-c3ccc(OC)cc3)n(C)nc2c(=O)[nH]1. The summed E-state index contributed by atoms with van der Waals surface area (Å²) in [5.74, 6) is 1.00. The first kappa shape index (κ1) is 26.8. The van der Waals surface area contributed by atoms with E-state index in [0.29, 0.717) is 49.7 Å². The molecule has 4 aromatic rings. The number of H-pyrrole nitrogens is 1. The number of likely N-dealkylation sites (N-methyl/N-ethyl adjacent to an activating group) is 1. The molecule has 0 radical (unpaired) electrons. The molecular weight excluding hydrogens is 522 g/mol. The summed E-state index contributed by atoms with van der Waals surface area (Å²) in [7, 11) is -0.498. The minimum atomic E-state index is -3.82. The van der Waals surface area contributed by atoms with Crippen molar-refractivity contribution in [2.75, 3.05) is 46.4 Å². The molecule has 1 aliphatic heterocycles. The van der Waals surface area contributed by atoms with Crippen LogP contribution in [-0.2, 0) is 17.1 Å². The Morgan fingerprint density at radius 2 is 1.77 bits per heavy atom. The molecule has 3 aromatic heterocycles. The molecule has 5 rings (SSSR count). The van der Waals surface area contributed by atoms with Gasteiger partial charge in [-0.05, 0) is 43.8 Å². The second-order valence-electron chi connectivity index (χ2n) is 9.11. The first-order chi connectivity index (χ1) is 18.8. The first-order valence-corrected chi connectivity index (χ1v) is 14.2. The predicted octanol–water partition coefficient (Wildman–Crippen LogP) is 2.12. The molecule has 4 heterocycles. The van der Waals surface area contributed by atoms with Crippen molar-refractivity contribution in [2.45, 2.75) is 18.7 Å². The van der Waals surface area contributed by atoms with Crippen LogP contribution in [0.4, 0.5) is 0 Å². The van der Waals surface area contributed by atoms with Gasteiger partial charge in [-0.3, -0.25) is 9.48 Å². The van der Waals surface area contributed by atoms with Gasteiger partial charge in [-0.1, -0.05) is 6.92 Å². The Bertz CT molecular complexity index is 1660. The topological polar surface area (TPSA) is 136 Å². The van der Waals surface area contributed by atoms with Crippen LogP contribution in [0, 0.1) is 0 Å². The number of methoxy groups -OCH3 is 1. The average Bonchev–Trinajstić information content (AvgIpc) is 3.29. The summed E-state index contributed by atoms with van der Waals surface area (Å²) < 4.78 is 41.1. The number of nitrogens with one attached hydrogen (secondary N) is 1. The number of benzene rings is 1. The minimum absolute atomic E-state index is 0.00946. The van der Waals surface area contributed by atoms with Crippen LogP contribution >= 0.6 is 0 Å². The molecule has 12 nitrogen and oxygen atoms in total. The molecule has 39 heavy (non-hydrogen) atoms. The first-order valence-electron chi connectivity index (χ1n) is 12.7. The fourth-order valence-corrected chi connectivity index (χ4v) is 6.10. The Morgan fingerprint density at radius 1 is 1.05 bits per heavy atom. The number of ether oxygens (including phenoxy) is 2. The van der Waals surface area contributed by atoms with Gasteiger partial charge in [-0.2, -0.15) is 9.40 Å². The molecule has 1 aromatic carbocycles. The van der Waals surface area contributed by atoms with Crippen molar-refractivity contribution < 1.29 is 17.9 Å². The van der Waals surface area contributed by atoms with Crippen LogP contribution in [0.25, 0.3) is 33.7 Å². The molecule has 1 saturated heterocycles. The number of aryl methyl sites for hydroxylation is 1. The Kier molecular flexibility index (Phi) is 7.38. The highest BCUT2D eigenvalue weighted by molar-refractivity contribution is 7.89. The molecule has 13 heteroatoms. The number of aromatic nitrogens is 5. The molecular formula is C26H31N7O5S. The van der Waals surface area contributed by atoms with E-state index in [-0.39, 0.29) is 27.7 Å². The van der Waals surface area contributed by atoms with E-state index >= 15 is 0 Å². The third-order valence-electron chi connectivity index (χ3n) is 6.83. The standard InChI is InChI=1S/C26H31N7O5S/c1-5-32-11-13-33(14-12-32)39(35,36)19-15-20(26(27-16-19)38-6-2)24-28-21-22(25(34)29-24)30-31(3)23(21)17-7-9-18(37-4)10-8-17/h7-10,15-16H,5-6,11-14H2,1-4H3,(H,28,29,34). The van der Waals surface area contributed by atoms with E-state index in [1.165, 1.54) is 16.6 Å². The number of fused-ring (bicyclic) bond motifs is 1. The summed E-state index contributed by atoms with van der Waals surface area (Å²) in [6, 6.07) is 8.81. The van der Waals surface area contributed by atoms with Crippen LogP contribution in [0.3, 0.4) is 0 Å². The van der Waals surface area contributed by atoms with E-state index in [9.17, 15) is 13.2 Å². The summed E-state index contributed by atoms with van der Waals surface area (Å²) in [5.41, 5.74) is 1.76. The van der Waals surface area contributed by atoms with Crippen molar-refractivity contribution in [3.05, 3.63) is 46.9 Å². The van der Waals surface area contributed by atoms with Gasteiger partial charge in [0.2, 0.25) is 15.9 Å². The van der Waals surface area contributed by atoms with Gasteiger partial charge in [0, 0.05) is 38.8 Å². The van der Waals surface area contributed by atoms with Crippen molar-refractivity contribution in [1.82, 2.24) is 33.9 Å². The lowest BCUT2D eigenvalue weighted by Crippen LogP contribution is -2.48. The van der Waals surface area contributed by atoms with Crippen molar-refractivity contribution in [3.63, 3.8) is 0 Å². The normalized spacial score (nSPS) is 15.1. The Morgan fingerprint density at radius 3 is 2.41 bits per heavy atom. The van der Waals surface area contributed by atoms with Crippen LogP contribution < -0.4 is 15.0 Å². The van der Waals surface area contributed by atoms with Crippen molar-refractivity contribution in [2.24, 2.45) is 7.05 Å². The molecule has 0 bridgehead atoms. The van der Waals surface area contributed by atoms with Crippen LogP contribution in [0.15, 0.2) is 46.2 Å². The van der Waals surface area contributed by atoms with E-state index in [0.717, 1.165) is 12.1 Å². The molecule has 1 aliphatic rings. The predicted molar refractivity (Wildman–Crippen MR) is 146 cm³/mol. The number of rotatable bonds is 8. The molecule has 0 unspecified atom stereocenters. The molecule has 1 N–H and O–H groups in total. The third kappa shape index (κ3) is 5.00. The largest absolute Gasteiger partial charge is 0.497 e. The van der Waals surface area contributed by atoms with Crippen LogP contribution in [0.5, 0.6) is 11.6 Å². The van der Waals surface area contributed by atoms with Crippen LogP contribution in [0.2, 0.25) is 0 Å². The highest BCUT2D eigenvalue weighted by Crippen LogP contribution is 2.32. The Labute approximate surface area is 226 Å². The van der Waals surface area contributed by atoms with E-state index in [4.69, 9.17) is 14.5 Å². The van der Waals surface area contributed by atoms with Crippen molar-refractivity contribution in [1.29, 1.82) is 0 Å². The molecule has 0 aliphatic carbocycles.